The number of benzene rings is 1. The lowest BCUT2D eigenvalue weighted by Crippen LogP contribution is -2.09. The molecule has 1 aromatic rings. The molecule has 1 nitrogen and oxygen atoms in total. The van der Waals surface area contributed by atoms with E-state index in [9.17, 15) is 0 Å². The van der Waals surface area contributed by atoms with E-state index in [1.54, 1.807) is 7.11 Å². The number of hydrogen-bond donors (Lipinski definition) is 0. The summed E-state index contributed by atoms with van der Waals surface area (Å²) in [6.45, 7) is 4.63. The van der Waals surface area contributed by atoms with E-state index in [1.807, 2.05) is 33.7 Å². The van der Waals surface area contributed by atoms with Crippen molar-refractivity contribution in [2.24, 2.45) is 0 Å². The van der Waals surface area contributed by atoms with Gasteiger partial charge in [-0.3, -0.25) is 0 Å². The highest BCUT2D eigenvalue weighted by Gasteiger charge is 2.33. The molecule has 15 heavy (non-hydrogen) atoms. The highest BCUT2D eigenvalue weighted by molar-refractivity contribution is 8.77. The molecule has 0 amide bonds. The van der Waals surface area contributed by atoms with Crippen LogP contribution in [0.2, 0.25) is 0 Å². The van der Waals surface area contributed by atoms with Crippen molar-refractivity contribution in [3.63, 3.8) is 0 Å². The van der Waals surface area contributed by atoms with Crippen molar-refractivity contribution in [1.29, 1.82) is 0 Å². The first-order valence-electron chi connectivity index (χ1n) is 5.09. The van der Waals surface area contributed by atoms with Gasteiger partial charge in [0.05, 0.1) is 7.11 Å². The van der Waals surface area contributed by atoms with Gasteiger partial charge in [0.15, 0.2) is 0 Å². The van der Waals surface area contributed by atoms with Crippen LogP contribution in [0.25, 0.3) is 0 Å². The van der Waals surface area contributed by atoms with Crippen molar-refractivity contribution in [2.75, 3.05) is 7.11 Å². The Balaban J connectivity index is 2.11. The van der Waals surface area contributed by atoms with Gasteiger partial charge in [0, 0.05) is 10.00 Å². The van der Waals surface area contributed by atoms with E-state index in [1.165, 1.54) is 12.0 Å². The molecule has 0 saturated carbocycles. The average molecular weight is 240 g/mol. The van der Waals surface area contributed by atoms with Crippen LogP contribution in [0, 0.1) is 0 Å². The van der Waals surface area contributed by atoms with E-state index in [-0.39, 0.29) is 0 Å². The maximum absolute atomic E-state index is 5.16. The molecular formula is C12H16OS2. The Morgan fingerprint density at radius 3 is 2.40 bits per heavy atom. The summed E-state index contributed by atoms with van der Waals surface area (Å²) in [6, 6.07) is 8.45. The van der Waals surface area contributed by atoms with Crippen LogP contribution >= 0.6 is 21.6 Å². The number of rotatable bonds is 2. The first-order chi connectivity index (χ1) is 7.11. The predicted molar refractivity (Wildman–Crippen MR) is 69.6 cm³/mol. The molecule has 1 saturated heterocycles. The van der Waals surface area contributed by atoms with Gasteiger partial charge in [-0.15, -0.1) is 0 Å². The SMILES string of the molecule is COc1ccc(C2CC(C)(C)SS2)cc1. The monoisotopic (exact) mass is 240 g/mol. The van der Waals surface area contributed by atoms with Crippen LogP contribution in [0.1, 0.15) is 31.1 Å². The molecule has 1 heterocycles. The standard InChI is InChI=1S/C12H16OS2/c1-12(2)8-11(14-15-12)9-4-6-10(13-3)7-5-9/h4-7,11H,8H2,1-3H3. The second-order valence-electron chi connectivity index (χ2n) is 4.41. The zero-order chi connectivity index (χ0) is 10.9. The van der Waals surface area contributed by atoms with Gasteiger partial charge in [0.1, 0.15) is 5.75 Å². The quantitative estimate of drug-likeness (QED) is 0.713. The van der Waals surface area contributed by atoms with Crippen molar-refractivity contribution in [2.45, 2.75) is 30.3 Å². The normalized spacial score (nSPS) is 24.1. The lowest BCUT2D eigenvalue weighted by molar-refractivity contribution is 0.414. The Morgan fingerprint density at radius 1 is 1.27 bits per heavy atom. The van der Waals surface area contributed by atoms with Crippen molar-refractivity contribution in [3.8, 4) is 5.75 Å². The summed E-state index contributed by atoms with van der Waals surface area (Å²) >= 11 is 0. The fourth-order valence-corrected chi connectivity index (χ4v) is 5.04. The van der Waals surface area contributed by atoms with E-state index < -0.39 is 0 Å². The van der Waals surface area contributed by atoms with Crippen LogP contribution in [-0.2, 0) is 0 Å². The van der Waals surface area contributed by atoms with E-state index in [2.05, 4.69) is 26.0 Å². The second kappa shape index (κ2) is 4.30. The molecule has 1 aliphatic rings. The Kier molecular flexibility index (Phi) is 3.21. The van der Waals surface area contributed by atoms with Gasteiger partial charge >= 0.3 is 0 Å². The van der Waals surface area contributed by atoms with Gasteiger partial charge in [0.25, 0.3) is 0 Å². The van der Waals surface area contributed by atoms with Gasteiger partial charge in [-0.2, -0.15) is 0 Å². The third-order valence-electron chi connectivity index (χ3n) is 2.55. The molecule has 0 aliphatic carbocycles. The Morgan fingerprint density at radius 2 is 1.93 bits per heavy atom. The second-order valence-corrected chi connectivity index (χ2v) is 7.52. The number of methoxy groups -OCH3 is 1. The fraction of sp³-hybridized carbons (Fsp3) is 0.500. The molecule has 82 valence electrons. The Hall–Kier alpha value is -0.280. The van der Waals surface area contributed by atoms with Crippen LogP contribution in [-0.4, -0.2) is 11.9 Å². The summed E-state index contributed by atoms with van der Waals surface area (Å²) in [4.78, 5) is 0. The zero-order valence-electron chi connectivity index (χ0n) is 9.32. The van der Waals surface area contributed by atoms with Gasteiger partial charge < -0.3 is 4.74 Å². The average Bonchev–Trinajstić information content (AvgIpc) is 2.59. The van der Waals surface area contributed by atoms with Crippen LogP contribution in [0.5, 0.6) is 5.75 Å². The molecule has 2 rings (SSSR count). The molecule has 1 atom stereocenters. The molecule has 1 aromatic carbocycles. The maximum atomic E-state index is 5.16. The molecule has 1 unspecified atom stereocenters. The molecule has 1 fully saturated rings. The largest absolute Gasteiger partial charge is 0.497 e. The van der Waals surface area contributed by atoms with Gasteiger partial charge in [-0.1, -0.05) is 33.7 Å². The maximum Gasteiger partial charge on any atom is 0.118 e. The summed E-state index contributed by atoms with van der Waals surface area (Å²) in [7, 11) is 5.70. The van der Waals surface area contributed by atoms with E-state index in [0.29, 0.717) is 10.00 Å². The van der Waals surface area contributed by atoms with Gasteiger partial charge in [0.2, 0.25) is 0 Å². The van der Waals surface area contributed by atoms with E-state index in [4.69, 9.17) is 4.74 Å². The fourth-order valence-electron chi connectivity index (χ4n) is 1.69. The molecule has 3 heteroatoms. The highest BCUT2D eigenvalue weighted by Crippen LogP contribution is 2.57. The minimum Gasteiger partial charge on any atom is -0.497 e. The lowest BCUT2D eigenvalue weighted by Gasteiger charge is -2.14. The molecular weight excluding hydrogens is 224 g/mol. The molecule has 0 spiro atoms. The predicted octanol–water partition coefficient (Wildman–Crippen LogP) is 4.30. The third kappa shape index (κ3) is 2.64. The van der Waals surface area contributed by atoms with Crippen LogP contribution < -0.4 is 4.74 Å². The van der Waals surface area contributed by atoms with Crippen molar-refractivity contribution >= 4 is 21.6 Å². The smallest absolute Gasteiger partial charge is 0.118 e. The third-order valence-corrected chi connectivity index (χ3v) is 6.28. The summed E-state index contributed by atoms with van der Waals surface area (Å²) in [6.07, 6.45) is 1.24. The summed E-state index contributed by atoms with van der Waals surface area (Å²) in [5.41, 5.74) is 1.42. The van der Waals surface area contributed by atoms with Crippen LogP contribution in [0.4, 0.5) is 0 Å². The molecule has 0 bridgehead atoms. The Bertz CT molecular complexity index is 332. The van der Waals surface area contributed by atoms with Crippen molar-refractivity contribution < 1.29 is 4.74 Å². The first-order valence-corrected chi connectivity index (χ1v) is 7.30. The van der Waals surface area contributed by atoms with Gasteiger partial charge in [-0.05, 0) is 38.0 Å². The highest BCUT2D eigenvalue weighted by atomic mass is 33.1. The van der Waals surface area contributed by atoms with E-state index >= 15 is 0 Å². The van der Waals surface area contributed by atoms with Crippen molar-refractivity contribution in [3.05, 3.63) is 29.8 Å². The van der Waals surface area contributed by atoms with Crippen molar-refractivity contribution in [1.82, 2.24) is 0 Å². The number of ether oxygens (including phenoxy) is 1. The zero-order valence-corrected chi connectivity index (χ0v) is 11.0. The minimum atomic E-state index is 0.412. The van der Waals surface area contributed by atoms with E-state index in [0.717, 1.165) is 5.75 Å². The lowest BCUT2D eigenvalue weighted by atomic mass is 10.0. The summed E-state index contributed by atoms with van der Waals surface area (Å²) in [5, 5.41) is 0.635. The summed E-state index contributed by atoms with van der Waals surface area (Å²) < 4.78 is 5.57. The van der Waals surface area contributed by atoms with Crippen LogP contribution in [0.3, 0.4) is 0 Å². The van der Waals surface area contributed by atoms with Gasteiger partial charge in [-0.25, -0.2) is 0 Å². The molecule has 0 radical (unpaired) electrons. The minimum absolute atomic E-state index is 0.412. The van der Waals surface area contributed by atoms with Crippen LogP contribution in [0.15, 0.2) is 24.3 Å². The molecule has 1 aliphatic heterocycles. The topological polar surface area (TPSA) is 9.23 Å². The summed E-state index contributed by atoms with van der Waals surface area (Å²) in [5.74, 6) is 0.939. The molecule has 0 N–H and O–H groups in total. The first kappa shape index (κ1) is 11.2. The Labute approximate surface area is 99.4 Å². The number of hydrogen-bond acceptors (Lipinski definition) is 3. The molecule has 0 aromatic heterocycles.